The Labute approximate surface area is 141 Å². The number of aromatic hydroxyl groups is 1. The number of carbonyl (C=O) groups is 2. The largest absolute Gasteiger partial charge is 0.493 e. The number of hydrogen-bond acceptors (Lipinski definition) is 7. The topological polar surface area (TPSA) is 195 Å². The molecular weight excluding hydrogens is 332 g/mol. The minimum Gasteiger partial charge on any atom is -0.493 e. The smallest absolute Gasteiger partial charge is 0.336 e. The average Bonchev–Trinajstić information content (AvgIpc) is 2.53. The molecule has 1 atom stereocenters. The van der Waals surface area contributed by atoms with Crippen LogP contribution in [0.2, 0.25) is 0 Å². The summed E-state index contributed by atoms with van der Waals surface area (Å²) in [6, 6.07) is 3.10. The fourth-order valence-corrected chi connectivity index (χ4v) is 1.65. The van der Waals surface area contributed by atoms with Crippen LogP contribution >= 0.6 is 0 Å². The molecule has 2 heterocycles. The molecule has 0 aliphatic carbocycles. The van der Waals surface area contributed by atoms with Crippen LogP contribution < -0.4 is 5.73 Å². The van der Waals surface area contributed by atoms with Crippen LogP contribution in [0.3, 0.4) is 0 Å². The van der Waals surface area contributed by atoms with Crippen molar-refractivity contribution in [2.45, 2.75) is 19.9 Å². The molecule has 0 aliphatic heterocycles. The van der Waals surface area contributed by atoms with Crippen molar-refractivity contribution < 1.29 is 24.9 Å². The highest BCUT2D eigenvalue weighted by molar-refractivity contribution is 6.02. The number of carboxylic acid groups (broad SMARTS) is 2. The number of aromatic nitrogens is 2. The molecule has 132 valence electrons. The van der Waals surface area contributed by atoms with Crippen molar-refractivity contribution in [1.82, 2.24) is 9.97 Å². The molecule has 0 fully saturated rings. The summed E-state index contributed by atoms with van der Waals surface area (Å²) in [5, 5.41) is 29.9. The van der Waals surface area contributed by atoms with Crippen molar-refractivity contribution in [3.63, 3.8) is 0 Å². The van der Waals surface area contributed by atoms with Crippen molar-refractivity contribution in [3.8, 4) is 5.88 Å². The predicted molar refractivity (Wildman–Crippen MR) is 87.4 cm³/mol. The molecule has 25 heavy (non-hydrogen) atoms. The zero-order valence-corrected chi connectivity index (χ0v) is 13.4. The maximum atomic E-state index is 10.9. The zero-order chi connectivity index (χ0) is 19.1. The van der Waals surface area contributed by atoms with E-state index >= 15 is 0 Å². The van der Waals surface area contributed by atoms with Crippen molar-refractivity contribution in [2.24, 2.45) is 16.8 Å². The maximum Gasteiger partial charge on any atom is 0.336 e. The lowest BCUT2D eigenvalue weighted by Crippen LogP contribution is -2.34. The Morgan fingerprint density at radius 3 is 2.36 bits per heavy atom. The van der Waals surface area contributed by atoms with Crippen molar-refractivity contribution >= 4 is 28.8 Å². The van der Waals surface area contributed by atoms with Gasteiger partial charge in [0.2, 0.25) is 5.88 Å². The highest BCUT2D eigenvalue weighted by Crippen LogP contribution is 2.22. The van der Waals surface area contributed by atoms with E-state index in [2.05, 4.69) is 20.0 Å². The van der Waals surface area contributed by atoms with Gasteiger partial charge < -0.3 is 21.1 Å². The Morgan fingerprint density at radius 2 is 1.92 bits per heavy atom. The Balaban J connectivity index is 0.000000333. The summed E-state index contributed by atoms with van der Waals surface area (Å²) in [5.74, 6) is -2.52. The SMILES string of the molecule is CC(C)[C@H](N)C(=O)O.[N-]=[N+]=Nc1ccc2c(C(=O)O)cc(O)nc2n1. The van der Waals surface area contributed by atoms with Crippen molar-refractivity contribution in [3.05, 3.63) is 34.2 Å². The zero-order valence-electron chi connectivity index (χ0n) is 13.4. The standard InChI is InChI=1S/C9H5N5O3.C5H11NO2/c10-14-13-6-2-1-4-5(9(16)17)3-7(15)12-8(4)11-6;1-3(2)4(6)5(7)8/h1-3H,(H,16,17)(H,11,12,15);3-4H,6H2,1-2H3,(H,7,8)/t;4-/m.0/s1. The third-order valence-corrected chi connectivity index (χ3v) is 3.03. The first-order valence-corrected chi connectivity index (χ1v) is 6.95. The molecule has 0 spiro atoms. The molecule has 11 heteroatoms. The number of nitrogens with two attached hydrogens (primary N) is 1. The summed E-state index contributed by atoms with van der Waals surface area (Å²) in [5.41, 5.74) is 13.3. The van der Waals surface area contributed by atoms with Crippen LogP contribution in [0.25, 0.3) is 21.5 Å². The molecule has 0 aromatic carbocycles. The van der Waals surface area contributed by atoms with Gasteiger partial charge in [0.25, 0.3) is 0 Å². The predicted octanol–water partition coefficient (Wildman–Crippen LogP) is 2.03. The fraction of sp³-hybridized carbons (Fsp3) is 0.286. The number of rotatable bonds is 4. The van der Waals surface area contributed by atoms with Crippen LogP contribution in [0.5, 0.6) is 5.88 Å². The molecule has 5 N–H and O–H groups in total. The Kier molecular flexibility index (Phi) is 6.61. The Morgan fingerprint density at radius 1 is 1.28 bits per heavy atom. The normalized spacial score (nSPS) is 11.2. The molecule has 11 nitrogen and oxygen atoms in total. The maximum absolute atomic E-state index is 10.9. The second-order valence-corrected chi connectivity index (χ2v) is 5.17. The number of pyridine rings is 2. The molecule has 2 rings (SSSR count). The first kappa shape index (κ1) is 19.6. The second kappa shape index (κ2) is 8.43. The van der Waals surface area contributed by atoms with E-state index in [4.69, 9.17) is 21.5 Å². The van der Waals surface area contributed by atoms with Gasteiger partial charge in [0.1, 0.15) is 11.9 Å². The van der Waals surface area contributed by atoms with Crippen LogP contribution in [0, 0.1) is 5.92 Å². The Bertz CT molecular complexity index is 847. The summed E-state index contributed by atoms with van der Waals surface area (Å²) < 4.78 is 0. The number of hydrogen-bond donors (Lipinski definition) is 4. The van der Waals surface area contributed by atoms with Gasteiger partial charge in [-0.2, -0.15) is 4.98 Å². The van der Waals surface area contributed by atoms with Gasteiger partial charge in [-0.3, -0.25) is 4.79 Å². The number of carboxylic acids is 2. The molecule has 0 radical (unpaired) electrons. The third kappa shape index (κ3) is 5.30. The summed E-state index contributed by atoms with van der Waals surface area (Å²) in [6.45, 7) is 3.55. The van der Waals surface area contributed by atoms with E-state index in [9.17, 15) is 14.7 Å². The highest BCUT2D eigenvalue weighted by atomic mass is 16.4. The molecule has 0 saturated heterocycles. The lowest BCUT2D eigenvalue weighted by atomic mass is 10.1. The van der Waals surface area contributed by atoms with E-state index in [-0.39, 0.29) is 28.3 Å². The van der Waals surface area contributed by atoms with Crippen LogP contribution in [0.15, 0.2) is 23.3 Å². The lowest BCUT2D eigenvalue weighted by molar-refractivity contribution is -0.139. The summed E-state index contributed by atoms with van der Waals surface area (Å²) >= 11 is 0. The van der Waals surface area contributed by atoms with Gasteiger partial charge in [0.15, 0.2) is 5.65 Å². The number of fused-ring (bicyclic) bond motifs is 1. The molecule has 0 aliphatic rings. The number of aromatic carboxylic acids is 1. The van der Waals surface area contributed by atoms with E-state index in [1.54, 1.807) is 13.8 Å². The fourth-order valence-electron chi connectivity index (χ4n) is 1.65. The molecule has 2 aromatic heterocycles. The minimum atomic E-state index is -1.20. The molecule has 0 amide bonds. The summed E-state index contributed by atoms with van der Waals surface area (Å²) in [7, 11) is 0. The van der Waals surface area contributed by atoms with Gasteiger partial charge in [0.05, 0.1) is 5.56 Å². The quantitative estimate of drug-likeness (QED) is 0.365. The first-order chi connectivity index (χ1) is 11.7. The lowest BCUT2D eigenvalue weighted by Gasteiger charge is -2.07. The average molecular weight is 348 g/mol. The van der Waals surface area contributed by atoms with Crippen molar-refractivity contribution in [1.29, 1.82) is 0 Å². The van der Waals surface area contributed by atoms with Gasteiger partial charge in [-0.05, 0) is 28.7 Å². The summed E-state index contributed by atoms with van der Waals surface area (Å²) in [6.07, 6.45) is 0. The summed E-state index contributed by atoms with van der Waals surface area (Å²) in [4.78, 5) is 31.0. The minimum absolute atomic E-state index is 0.00676. The van der Waals surface area contributed by atoms with E-state index in [1.165, 1.54) is 12.1 Å². The molecule has 0 unspecified atom stereocenters. The molecular formula is C14H16N6O5. The van der Waals surface area contributed by atoms with Crippen LogP contribution in [0.4, 0.5) is 5.82 Å². The van der Waals surface area contributed by atoms with Gasteiger partial charge in [-0.15, -0.1) is 0 Å². The second-order valence-electron chi connectivity index (χ2n) is 5.17. The van der Waals surface area contributed by atoms with Crippen LogP contribution in [-0.2, 0) is 4.79 Å². The molecule has 0 bridgehead atoms. The first-order valence-electron chi connectivity index (χ1n) is 6.95. The number of nitrogens with zero attached hydrogens (tertiary/aromatic N) is 5. The van der Waals surface area contributed by atoms with E-state index in [1.807, 2.05) is 0 Å². The monoisotopic (exact) mass is 348 g/mol. The number of azide groups is 1. The van der Waals surface area contributed by atoms with Gasteiger partial charge in [-0.25, -0.2) is 9.78 Å². The van der Waals surface area contributed by atoms with Gasteiger partial charge >= 0.3 is 11.9 Å². The van der Waals surface area contributed by atoms with Crippen LogP contribution in [0.1, 0.15) is 24.2 Å². The van der Waals surface area contributed by atoms with E-state index < -0.39 is 23.9 Å². The third-order valence-electron chi connectivity index (χ3n) is 3.03. The highest BCUT2D eigenvalue weighted by Gasteiger charge is 2.14. The van der Waals surface area contributed by atoms with Gasteiger partial charge in [-0.1, -0.05) is 13.8 Å². The van der Waals surface area contributed by atoms with Gasteiger partial charge in [0, 0.05) is 16.4 Å². The van der Waals surface area contributed by atoms with Crippen molar-refractivity contribution in [2.75, 3.05) is 0 Å². The molecule has 0 saturated carbocycles. The Hall–Kier alpha value is -3.43. The van der Waals surface area contributed by atoms with E-state index in [0.29, 0.717) is 0 Å². The molecule has 2 aromatic rings. The van der Waals surface area contributed by atoms with E-state index in [0.717, 1.165) is 6.07 Å². The number of aliphatic carboxylic acids is 1. The van der Waals surface area contributed by atoms with Crippen LogP contribution in [-0.4, -0.2) is 43.3 Å².